The predicted molar refractivity (Wildman–Crippen MR) is 63.9 cm³/mol. The minimum absolute atomic E-state index is 0.0421. The largest absolute Gasteiger partial charge is 0.396 e. The van der Waals surface area contributed by atoms with E-state index in [1.54, 1.807) is 18.0 Å². The molecule has 0 aliphatic rings. The van der Waals surface area contributed by atoms with Crippen molar-refractivity contribution >= 4 is 11.8 Å². The van der Waals surface area contributed by atoms with Gasteiger partial charge in [-0.1, -0.05) is 6.92 Å². The molecule has 0 amide bonds. The average molecular weight is 226 g/mol. The fraction of sp³-hybridized carbons (Fsp3) is 0.545. The lowest BCUT2D eigenvalue weighted by molar-refractivity contribution is 0.289. The fourth-order valence-electron chi connectivity index (χ4n) is 1.22. The molecule has 15 heavy (non-hydrogen) atoms. The molecule has 0 aliphatic heterocycles. The first-order valence-corrected chi connectivity index (χ1v) is 6.00. The van der Waals surface area contributed by atoms with E-state index in [2.05, 4.69) is 11.9 Å². The molecule has 2 atom stereocenters. The first-order valence-electron chi connectivity index (χ1n) is 5.12. The molecule has 84 valence electrons. The molecule has 3 N–H and O–H groups in total. The maximum atomic E-state index is 8.80. The Balaban J connectivity index is 2.65. The molecule has 0 saturated carbocycles. The van der Waals surface area contributed by atoms with Crippen molar-refractivity contribution in [2.45, 2.75) is 36.6 Å². The second-order valence-electron chi connectivity index (χ2n) is 3.66. The van der Waals surface area contributed by atoms with Gasteiger partial charge in [0.25, 0.3) is 0 Å². The van der Waals surface area contributed by atoms with Gasteiger partial charge in [0.2, 0.25) is 0 Å². The van der Waals surface area contributed by atoms with Gasteiger partial charge in [0, 0.05) is 24.1 Å². The average Bonchev–Trinajstić information content (AvgIpc) is 2.18. The van der Waals surface area contributed by atoms with Gasteiger partial charge >= 0.3 is 0 Å². The topological polar surface area (TPSA) is 59.1 Å². The molecule has 0 spiro atoms. The van der Waals surface area contributed by atoms with E-state index in [1.165, 1.54) is 0 Å². The van der Waals surface area contributed by atoms with Gasteiger partial charge in [-0.3, -0.25) is 0 Å². The summed E-state index contributed by atoms with van der Waals surface area (Å²) >= 11 is 1.67. The lowest BCUT2D eigenvalue weighted by Crippen LogP contribution is -2.06. The molecule has 0 radical (unpaired) electrons. The third-order valence-corrected chi connectivity index (χ3v) is 3.25. The van der Waals surface area contributed by atoms with Crippen LogP contribution in [0.4, 0.5) is 0 Å². The van der Waals surface area contributed by atoms with E-state index in [9.17, 15) is 0 Å². The number of aliphatic hydroxyl groups is 1. The zero-order chi connectivity index (χ0) is 11.3. The van der Waals surface area contributed by atoms with E-state index in [0.29, 0.717) is 5.25 Å². The van der Waals surface area contributed by atoms with Crippen molar-refractivity contribution in [3.63, 3.8) is 0 Å². The lowest BCUT2D eigenvalue weighted by Gasteiger charge is -2.10. The van der Waals surface area contributed by atoms with Gasteiger partial charge in [-0.25, -0.2) is 4.98 Å². The summed E-state index contributed by atoms with van der Waals surface area (Å²) in [5, 5.41) is 10.2. The summed E-state index contributed by atoms with van der Waals surface area (Å²) in [6.45, 7) is 4.27. The van der Waals surface area contributed by atoms with Crippen LogP contribution in [0.25, 0.3) is 0 Å². The SMILES string of the molecule is CC(CCO)Sc1cc(C(C)N)ccn1. The third kappa shape index (κ3) is 4.20. The number of nitrogens with two attached hydrogens (primary N) is 1. The lowest BCUT2D eigenvalue weighted by atomic mass is 10.1. The van der Waals surface area contributed by atoms with Crippen LogP contribution in [0, 0.1) is 0 Å². The van der Waals surface area contributed by atoms with Crippen LogP contribution >= 0.6 is 11.8 Å². The molecule has 0 aliphatic carbocycles. The summed E-state index contributed by atoms with van der Waals surface area (Å²) in [6.07, 6.45) is 2.57. The summed E-state index contributed by atoms with van der Waals surface area (Å²) in [5.41, 5.74) is 6.90. The van der Waals surface area contributed by atoms with Gasteiger partial charge in [0.1, 0.15) is 0 Å². The van der Waals surface area contributed by atoms with E-state index in [1.807, 2.05) is 19.1 Å². The minimum Gasteiger partial charge on any atom is -0.396 e. The Labute approximate surface area is 95.1 Å². The van der Waals surface area contributed by atoms with Crippen molar-refractivity contribution in [2.24, 2.45) is 5.73 Å². The van der Waals surface area contributed by atoms with Gasteiger partial charge in [-0.05, 0) is 31.0 Å². The number of hydrogen-bond donors (Lipinski definition) is 2. The number of thioether (sulfide) groups is 1. The summed E-state index contributed by atoms with van der Waals surface area (Å²) in [7, 11) is 0. The summed E-state index contributed by atoms with van der Waals surface area (Å²) in [4.78, 5) is 4.27. The number of nitrogens with zero attached hydrogens (tertiary/aromatic N) is 1. The Morgan fingerprint density at radius 1 is 1.53 bits per heavy atom. The van der Waals surface area contributed by atoms with Gasteiger partial charge < -0.3 is 10.8 Å². The van der Waals surface area contributed by atoms with Crippen molar-refractivity contribution in [2.75, 3.05) is 6.61 Å². The van der Waals surface area contributed by atoms with Crippen LogP contribution in [-0.4, -0.2) is 21.9 Å². The molecular formula is C11H18N2OS. The van der Waals surface area contributed by atoms with Crippen molar-refractivity contribution in [3.05, 3.63) is 23.9 Å². The molecule has 3 nitrogen and oxygen atoms in total. The second kappa shape index (κ2) is 6.10. The molecule has 1 aromatic heterocycles. The van der Waals surface area contributed by atoms with E-state index in [-0.39, 0.29) is 12.6 Å². The Morgan fingerprint density at radius 3 is 2.87 bits per heavy atom. The zero-order valence-corrected chi connectivity index (χ0v) is 10.00. The van der Waals surface area contributed by atoms with Crippen molar-refractivity contribution in [1.82, 2.24) is 4.98 Å². The van der Waals surface area contributed by atoms with Gasteiger partial charge in [0.15, 0.2) is 0 Å². The van der Waals surface area contributed by atoms with Crippen LogP contribution in [0.3, 0.4) is 0 Å². The Bertz CT molecular complexity index is 304. The molecule has 0 fully saturated rings. The fourth-order valence-corrected chi connectivity index (χ4v) is 2.18. The quantitative estimate of drug-likeness (QED) is 0.754. The molecule has 0 bridgehead atoms. The molecule has 1 aromatic rings. The number of aromatic nitrogens is 1. The smallest absolute Gasteiger partial charge is 0.0965 e. The normalized spacial score (nSPS) is 14.9. The van der Waals surface area contributed by atoms with E-state index < -0.39 is 0 Å². The van der Waals surface area contributed by atoms with Crippen molar-refractivity contribution < 1.29 is 5.11 Å². The number of pyridine rings is 1. The Kier molecular flexibility index (Phi) is 5.08. The van der Waals surface area contributed by atoms with Crippen LogP contribution in [0.2, 0.25) is 0 Å². The van der Waals surface area contributed by atoms with Crippen LogP contribution in [0.5, 0.6) is 0 Å². The first kappa shape index (κ1) is 12.5. The summed E-state index contributed by atoms with van der Waals surface area (Å²) < 4.78 is 0. The first-order chi connectivity index (χ1) is 7.13. The van der Waals surface area contributed by atoms with Crippen LogP contribution in [0.1, 0.15) is 31.9 Å². The molecule has 0 saturated heterocycles. The highest BCUT2D eigenvalue weighted by molar-refractivity contribution is 7.99. The summed E-state index contributed by atoms with van der Waals surface area (Å²) in [5.74, 6) is 0. The standard InChI is InChI=1S/C11H18N2OS/c1-8(4-6-14)15-11-7-10(9(2)12)3-5-13-11/h3,5,7-9,14H,4,6,12H2,1-2H3. The maximum absolute atomic E-state index is 8.80. The monoisotopic (exact) mass is 226 g/mol. The van der Waals surface area contributed by atoms with Gasteiger partial charge in [-0.15, -0.1) is 11.8 Å². The molecule has 2 unspecified atom stereocenters. The molecule has 4 heteroatoms. The van der Waals surface area contributed by atoms with Crippen LogP contribution in [0.15, 0.2) is 23.4 Å². The highest BCUT2D eigenvalue weighted by atomic mass is 32.2. The van der Waals surface area contributed by atoms with Crippen LogP contribution in [-0.2, 0) is 0 Å². The molecule has 1 heterocycles. The summed E-state index contributed by atoms with van der Waals surface area (Å²) in [6, 6.07) is 4.00. The highest BCUT2D eigenvalue weighted by Crippen LogP contribution is 2.24. The molecular weight excluding hydrogens is 208 g/mol. The predicted octanol–water partition coefficient (Wildman–Crippen LogP) is 1.96. The Morgan fingerprint density at radius 2 is 2.27 bits per heavy atom. The number of hydrogen-bond acceptors (Lipinski definition) is 4. The third-order valence-electron chi connectivity index (χ3n) is 2.14. The van der Waals surface area contributed by atoms with Gasteiger partial charge in [0.05, 0.1) is 5.03 Å². The highest BCUT2D eigenvalue weighted by Gasteiger charge is 2.06. The molecule has 1 rings (SSSR count). The zero-order valence-electron chi connectivity index (χ0n) is 9.18. The van der Waals surface area contributed by atoms with E-state index in [4.69, 9.17) is 10.8 Å². The van der Waals surface area contributed by atoms with Gasteiger partial charge in [-0.2, -0.15) is 0 Å². The Hall–Kier alpha value is -0.580. The van der Waals surface area contributed by atoms with Crippen molar-refractivity contribution in [3.8, 4) is 0 Å². The van der Waals surface area contributed by atoms with E-state index >= 15 is 0 Å². The van der Waals surface area contributed by atoms with E-state index in [0.717, 1.165) is 17.0 Å². The minimum atomic E-state index is 0.0421. The number of rotatable bonds is 5. The second-order valence-corrected chi connectivity index (χ2v) is 5.12. The van der Waals surface area contributed by atoms with Crippen LogP contribution < -0.4 is 5.73 Å². The maximum Gasteiger partial charge on any atom is 0.0965 e. The number of aliphatic hydroxyl groups excluding tert-OH is 1. The molecule has 0 aromatic carbocycles. The van der Waals surface area contributed by atoms with Crippen molar-refractivity contribution in [1.29, 1.82) is 0 Å².